The molecular weight excluding hydrogens is 491 g/mol. The number of nitrogens with zero attached hydrogens (tertiary/aromatic N) is 1. The van der Waals surface area contributed by atoms with E-state index in [2.05, 4.69) is 4.90 Å². The van der Waals surface area contributed by atoms with Crippen molar-refractivity contribution in [1.29, 1.82) is 0 Å². The topological polar surface area (TPSA) is 81.9 Å². The van der Waals surface area contributed by atoms with Crippen molar-refractivity contribution in [1.82, 2.24) is 4.90 Å². The fraction of sp³-hybridized carbons (Fsp3) is 0.345. The number of carbonyl (C=O) groups excluding carboxylic acids is 1. The van der Waals surface area contributed by atoms with Crippen molar-refractivity contribution in [3.8, 4) is 16.9 Å². The number of carbonyl (C=O) groups is 1. The van der Waals surface area contributed by atoms with Crippen molar-refractivity contribution < 1.29 is 22.9 Å². The molecule has 0 aliphatic carbocycles. The van der Waals surface area contributed by atoms with E-state index in [1.807, 2.05) is 30.3 Å². The molecule has 0 saturated carbocycles. The predicted octanol–water partition coefficient (Wildman–Crippen LogP) is 4.19. The molecule has 3 aromatic carbocycles. The first kappa shape index (κ1) is 27.0. The summed E-state index contributed by atoms with van der Waals surface area (Å²) in [5.41, 5.74) is 8.65. The van der Waals surface area contributed by atoms with E-state index in [1.54, 1.807) is 37.4 Å². The van der Waals surface area contributed by atoms with E-state index in [4.69, 9.17) is 15.2 Å². The number of piperidine rings is 1. The van der Waals surface area contributed by atoms with Crippen molar-refractivity contribution in [3.63, 3.8) is 0 Å². The third kappa shape index (κ3) is 6.63. The SMILES string of the molecule is COCCN1CCC(C(N)=O)(S(=O)c2ccc(OCCc3cccc(-c4cccc(F)c4)c3)cc2)CC1. The van der Waals surface area contributed by atoms with Crippen molar-refractivity contribution in [2.24, 2.45) is 5.73 Å². The number of halogens is 1. The lowest BCUT2D eigenvalue weighted by molar-refractivity contribution is -0.121. The van der Waals surface area contributed by atoms with Crippen LogP contribution < -0.4 is 10.5 Å². The molecule has 0 aromatic heterocycles. The Labute approximate surface area is 220 Å². The molecule has 37 heavy (non-hydrogen) atoms. The van der Waals surface area contributed by atoms with Crippen LogP contribution in [0.2, 0.25) is 0 Å². The first-order chi connectivity index (χ1) is 17.9. The molecule has 196 valence electrons. The molecular formula is C29H33FN2O4S. The number of hydrogen-bond acceptors (Lipinski definition) is 5. The van der Waals surface area contributed by atoms with Gasteiger partial charge in [-0.05, 0) is 65.9 Å². The van der Waals surface area contributed by atoms with E-state index < -0.39 is 21.5 Å². The number of rotatable bonds is 11. The Hall–Kier alpha value is -3.07. The number of ether oxygens (including phenoxy) is 2. The van der Waals surface area contributed by atoms with Crippen LogP contribution in [0, 0.1) is 5.82 Å². The Morgan fingerprint density at radius 3 is 2.32 bits per heavy atom. The highest BCUT2D eigenvalue weighted by atomic mass is 32.2. The largest absolute Gasteiger partial charge is 0.493 e. The molecule has 1 atom stereocenters. The average molecular weight is 525 g/mol. The summed E-state index contributed by atoms with van der Waals surface area (Å²) in [5.74, 6) is -0.118. The lowest BCUT2D eigenvalue weighted by atomic mass is 9.95. The molecule has 3 aromatic rings. The van der Waals surface area contributed by atoms with Crippen LogP contribution in [0.5, 0.6) is 5.75 Å². The zero-order valence-electron chi connectivity index (χ0n) is 21.0. The summed E-state index contributed by atoms with van der Waals surface area (Å²) in [6.07, 6.45) is 1.58. The minimum absolute atomic E-state index is 0.259. The second-order valence-corrected chi connectivity index (χ2v) is 11.0. The van der Waals surface area contributed by atoms with Gasteiger partial charge >= 0.3 is 0 Å². The Morgan fingerprint density at radius 1 is 1.00 bits per heavy atom. The summed E-state index contributed by atoms with van der Waals surface area (Å²) in [6.45, 7) is 3.16. The molecule has 4 rings (SSSR count). The van der Waals surface area contributed by atoms with E-state index in [0.717, 1.165) is 23.2 Å². The van der Waals surface area contributed by atoms with Gasteiger partial charge in [-0.15, -0.1) is 0 Å². The van der Waals surface area contributed by atoms with Crippen molar-refractivity contribution in [3.05, 3.63) is 84.2 Å². The van der Waals surface area contributed by atoms with Gasteiger partial charge in [0.05, 0.1) is 24.0 Å². The maximum Gasteiger partial charge on any atom is 0.236 e. The normalized spacial score (nSPS) is 16.3. The van der Waals surface area contributed by atoms with E-state index >= 15 is 0 Å². The first-order valence-corrected chi connectivity index (χ1v) is 13.6. The third-order valence-electron chi connectivity index (χ3n) is 6.86. The van der Waals surface area contributed by atoms with Gasteiger partial charge in [0.25, 0.3) is 0 Å². The Balaban J connectivity index is 1.34. The molecule has 1 saturated heterocycles. The van der Waals surface area contributed by atoms with Crippen molar-refractivity contribution >= 4 is 16.7 Å². The van der Waals surface area contributed by atoms with Gasteiger partial charge in [0.1, 0.15) is 16.3 Å². The monoisotopic (exact) mass is 524 g/mol. The quantitative estimate of drug-likeness (QED) is 0.407. The van der Waals surface area contributed by atoms with Crippen LogP contribution in [-0.4, -0.2) is 59.7 Å². The van der Waals surface area contributed by atoms with Crippen LogP contribution in [0.1, 0.15) is 18.4 Å². The Kier molecular flexibility index (Phi) is 9.08. The molecule has 1 aliphatic rings. The summed E-state index contributed by atoms with van der Waals surface area (Å²) in [7, 11) is 0.0992. The van der Waals surface area contributed by atoms with Gasteiger partial charge in [0, 0.05) is 38.1 Å². The van der Waals surface area contributed by atoms with E-state index in [0.29, 0.717) is 56.2 Å². The molecule has 1 amide bonds. The van der Waals surface area contributed by atoms with E-state index in [-0.39, 0.29) is 5.82 Å². The molecule has 6 nitrogen and oxygen atoms in total. The van der Waals surface area contributed by atoms with Crippen molar-refractivity contribution in [2.45, 2.75) is 28.9 Å². The van der Waals surface area contributed by atoms with Crippen LogP contribution in [0.25, 0.3) is 11.1 Å². The molecule has 1 fully saturated rings. The second kappa shape index (κ2) is 12.4. The highest BCUT2D eigenvalue weighted by Gasteiger charge is 2.46. The van der Waals surface area contributed by atoms with Gasteiger partial charge in [0.15, 0.2) is 0 Å². The fourth-order valence-electron chi connectivity index (χ4n) is 4.63. The van der Waals surface area contributed by atoms with Gasteiger partial charge < -0.3 is 20.1 Å². The Bertz CT molecular complexity index is 1230. The molecule has 1 aliphatic heterocycles. The first-order valence-electron chi connectivity index (χ1n) is 12.4. The summed E-state index contributed by atoms with van der Waals surface area (Å²) in [6, 6.07) is 21.6. The molecule has 0 radical (unpaired) electrons. The molecule has 1 heterocycles. The van der Waals surface area contributed by atoms with Gasteiger partial charge in [-0.2, -0.15) is 0 Å². The van der Waals surface area contributed by atoms with Crippen LogP contribution in [0.4, 0.5) is 4.39 Å². The predicted molar refractivity (Wildman–Crippen MR) is 143 cm³/mol. The van der Waals surface area contributed by atoms with Gasteiger partial charge in [-0.3, -0.25) is 9.00 Å². The maximum absolute atomic E-state index is 13.6. The highest BCUT2D eigenvalue weighted by molar-refractivity contribution is 7.87. The molecule has 1 unspecified atom stereocenters. The smallest absolute Gasteiger partial charge is 0.236 e. The van der Waals surface area contributed by atoms with Crippen molar-refractivity contribution in [2.75, 3.05) is 40.0 Å². The average Bonchev–Trinajstić information content (AvgIpc) is 2.92. The second-order valence-electron chi connectivity index (χ2n) is 9.24. The van der Waals surface area contributed by atoms with E-state index in [9.17, 15) is 13.4 Å². The summed E-state index contributed by atoms with van der Waals surface area (Å²) in [4.78, 5) is 15.2. The number of likely N-dealkylation sites (tertiary alicyclic amines) is 1. The summed E-state index contributed by atoms with van der Waals surface area (Å²) >= 11 is 0. The summed E-state index contributed by atoms with van der Waals surface area (Å²) in [5, 5.41) is 0. The minimum Gasteiger partial charge on any atom is -0.493 e. The van der Waals surface area contributed by atoms with E-state index in [1.165, 1.54) is 12.1 Å². The van der Waals surface area contributed by atoms with Gasteiger partial charge in [0.2, 0.25) is 5.91 Å². The van der Waals surface area contributed by atoms with Crippen LogP contribution in [0.15, 0.2) is 77.7 Å². The lowest BCUT2D eigenvalue weighted by Crippen LogP contribution is -2.55. The molecule has 2 N–H and O–H groups in total. The lowest BCUT2D eigenvalue weighted by Gasteiger charge is -2.38. The number of nitrogens with two attached hydrogens (primary N) is 1. The fourth-order valence-corrected chi connectivity index (χ4v) is 6.20. The molecule has 0 spiro atoms. The van der Waals surface area contributed by atoms with Crippen LogP contribution >= 0.6 is 0 Å². The maximum atomic E-state index is 13.6. The molecule has 8 heteroatoms. The zero-order chi connectivity index (χ0) is 26.3. The standard InChI is InChI=1S/C29H33FN2O4S/c1-35-19-17-32-15-13-29(14-16-32,28(31)33)37(34)27-10-8-26(9-11-27)36-18-12-22-4-2-5-23(20-22)24-6-3-7-25(30)21-24/h2-11,20-21H,12-19H2,1H3,(H2,31,33). The Morgan fingerprint density at radius 2 is 1.68 bits per heavy atom. The third-order valence-corrected chi connectivity index (χ3v) is 8.88. The summed E-state index contributed by atoms with van der Waals surface area (Å²) < 4.78 is 37.0. The number of methoxy groups -OCH3 is 1. The molecule has 0 bridgehead atoms. The number of hydrogen-bond donors (Lipinski definition) is 1. The number of primary amides is 1. The van der Waals surface area contributed by atoms with Crippen LogP contribution in [0.3, 0.4) is 0 Å². The van der Waals surface area contributed by atoms with Gasteiger partial charge in [-0.1, -0.05) is 36.4 Å². The number of benzene rings is 3. The zero-order valence-corrected chi connectivity index (χ0v) is 21.8. The number of amides is 1. The van der Waals surface area contributed by atoms with Gasteiger partial charge in [-0.25, -0.2) is 4.39 Å². The van der Waals surface area contributed by atoms with Crippen LogP contribution in [-0.2, 0) is 26.8 Å². The minimum atomic E-state index is -1.56. The highest BCUT2D eigenvalue weighted by Crippen LogP contribution is 2.33.